The molecule has 0 bridgehead atoms. The maximum atomic E-state index is 13.4. The summed E-state index contributed by atoms with van der Waals surface area (Å²) >= 11 is 2.23. The standard InChI is InChI=1S/C25H18IN3O4/c1-31-21-9-8-15(12-23(21)32-2)19-14-29(24-18(19)7-4-10-27-24)25(30)20-13-22(33-28-20)16-5-3-6-17(26)11-16/h3-14H,1-2H3. The average Bonchev–Trinajstić information content (AvgIpc) is 3.49. The van der Waals surface area contributed by atoms with E-state index in [4.69, 9.17) is 14.0 Å². The zero-order chi connectivity index (χ0) is 22.9. The Balaban J connectivity index is 1.58. The van der Waals surface area contributed by atoms with Crippen LogP contribution in [0.4, 0.5) is 0 Å². The van der Waals surface area contributed by atoms with E-state index in [1.165, 1.54) is 4.57 Å². The quantitative estimate of drug-likeness (QED) is 0.262. The summed E-state index contributed by atoms with van der Waals surface area (Å²) in [6.45, 7) is 0. The summed E-state index contributed by atoms with van der Waals surface area (Å²) in [5.74, 6) is 1.43. The van der Waals surface area contributed by atoms with E-state index in [-0.39, 0.29) is 11.6 Å². The number of nitrogens with zero attached hydrogens (tertiary/aromatic N) is 3. The third-order valence-corrected chi connectivity index (χ3v) is 5.99. The lowest BCUT2D eigenvalue weighted by Crippen LogP contribution is -2.11. The molecule has 0 aliphatic carbocycles. The topological polar surface area (TPSA) is 79.4 Å². The summed E-state index contributed by atoms with van der Waals surface area (Å²) in [6.07, 6.45) is 3.42. The van der Waals surface area contributed by atoms with Crippen molar-refractivity contribution in [2.75, 3.05) is 14.2 Å². The number of halogens is 1. The third-order valence-electron chi connectivity index (χ3n) is 5.31. The highest BCUT2D eigenvalue weighted by molar-refractivity contribution is 14.1. The van der Waals surface area contributed by atoms with Crippen LogP contribution in [0.5, 0.6) is 11.5 Å². The van der Waals surface area contributed by atoms with Crippen LogP contribution in [-0.2, 0) is 0 Å². The Morgan fingerprint density at radius 2 is 1.82 bits per heavy atom. The van der Waals surface area contributed by atoms with Gasteiger partial charge in [-0.1, -0.05) is 23.4 Å². The summed E-state index contributed by atoms with van der Waals surface area (Å²) in [5.41, 5.74) is 3.30. The Hall–Kier alpha value is -3.66. The summed E-state index contributed by atoms with van der Waals surface area (Å²) in [7, 11) is 3.18. The van der Waals surface area contributed by atoms with Crippen molar-refractivity contribution in [3.8, 4) is 33.9 Å². The highest BCUT2D eigenvalue weighted by atomic mass is 127. The van der Waals surface area contributed by atoms with Gasteiger partial charge in [0.1, 0.15) is 5.65 Å². The highest BCUT2D eigenvalue weighted by Gasteiger charge is 2.21. The summed E-state index contributed by atoms with van der Waals surface area (Å²) in [6, 6.07) is 18.9. The van der Waals surface area contributed by atoms with Gasteiger partial charge in [-0.15, -0.1) is 0 Å². The lowest BCUT2D eigenvalue weighted by atomic mass is 10.1. The highest BCUT2D eigenvalue weighted by Crippen LogP contribution is 2.36. The second-order valence-corrected chi connectivity index (χ2v) is 8.49. The van der Waals surface area contributed by atoms with Gasteiger partial charge in [0.2, 0.25) is 0 Å². The largest absolute Gasteiger partial charge is 0.493 e. The number of methoxy groups -OCH3 is 2. The van der Waals surface area contributed by atoms with Crippen LogP contribution in [0.1, 0.15) is 10.5 Å². The van der Waals surface area contributed by atoms with Gasteiger partial charge in [-0.2, -0.15) is 0 Å². The van der Waals surface area contributed by atoms with Gasteiger partial charge in [-0.25, -0.2) is 4.98 Å². The third kappa shape index (κ3) is 3.86. The van der Waals surface area contributed by atoms with Crippen molar-refractivity contribution in [2.24, 2.45) is 0 Å². The molecule has 0 saturated carbocycles. The van der Waals surface area contributed by atoms with Crippen molar-refractivity contribution >= 4 is 39.5 Å². The van der Waals surface area contributed by atoms with Gasteiger partial charge < -0.3 is 14.0 Å². The molecule has 7 nitrogen and oxygen atoms in total. The SMILES string of the molecule is COc1ccc(-c2cn(C(=O)c3cc(-c4cccc(I)c4)on3)c3ncccc23)cc1OC. The van der Waals surface area contributed by atoms with Gasteiger partial charge >= 0.3 is 0 Å². The lowest BCUT2D eigenvalue weighted by Gasteiger charge is -2.09. The second kappa shape index (κ2) is 8.70. The molecule has 0 fully saturated rings. The van der Waals surface area contributed by atoms with Crippen molar-refractivity contribution in [3.63, 3.8) is 0 Å². The van der Waals surface area contributed by atoms with Gasteiger partial charge in [0, 0.05) is 38.5 Å². The molecule has 0 saturated heterocycles. The number of hydrogen-bond donors (Lipinski definition) is 0. The number of aromatic nitrogens is 3. The number of carbonyl (C=O) groups excluding carboxylic acids is 1. The molecule has 0 unspecified atom stereocenters. The van der Waals surface area contributed by atoms with Gasteiger partial charge in [-0.05, 0) is 64.6 Å². The molecule has 2 aromatic carbocycles. The lowest BCUT2D eigenvalue weighted by molar-refractivity contribution is 0.0955. The molecule has 164 valence electrons. The maximum Gasteiger partial charge on any atom is 0.285 e. The van der Waals surface area contributed by atoms with E-state index in [1.807, 2.05) is 54.6 Å². The van der Waals surface area contributed by atoms with E-state index < -0.39 is 0 Å². The van der Waals surface area contributed by atoms with Gasteiger partial charge in [0.05, 0.1) is 14.2 Å². The van der Waals surface area contributed by atoms with Crippen LogP contribution in [0, 0.1) is 3.57 Å². The molecule has 5 rings (SSSR count). The first-order valence-electron chi connectivity index (χ1n) is 10.0. The molecule has 0 aliphatic heterocycles. The number of benzene rings is 2. The second-order valence-electron chi connectivity index (χ2n) is 7.25. The van der Waals surface area contributed by atoms with E-state index >= 15 is 0 Å². The average molecular weight is 551 g/mol. The predicted octanol–water partition coefficient (Wildman–Crippen LogP) is 5.67. The Morgan fingerprint density at radius 3 is 2.61 bits per heavy atom. The molecule has 0 aliphatic rings. The van der Waals surface area contributed by atoms with E-state index in [1.54, 1.807) is 32.7 Å². The molecule has 0 radical (unpaired) electrons. The van der Waals surface area contributed by atoms with Gasteiger partial charge in [0.25, 0.3) is 5.91 Å². The van der Waals surface area contributed by atoms with Crippen molar-refractivity contribution < 1.29 is 18.8 Å². The maximum absolute atomic E-state index is 13.4. The first-order valence-corrected chi connectivity index (χ1v) is 11.1. The first kappa shape index (κ1) is 21.2. The number of fused-ring (bicyclic) bond motifs is 1. The van der Waals surface area contributed by atoms with Crippen LogP contribution in [0.15, 0.2) is 77.6 Å². The molecule has 3 aromatic heterocycles. The fourth-order valence-corrected chi connectivity index (χ4v) is 4.27. The summed E-state index contributed by atoms with van der Waals surface area (Å²) in [4.78, 5) is 17.8. The molecule has 0 atom stereocenters. The number of ether oxygens (including phenoxy) is 2. The first-order chi connectivity index (χ1) is 16.1. The predicted molar refractivity (Wildman–Crippen MR) is 133 cm³/mol. The molecule has 0 N–H and O–H groups in total. The fourth-order valence-electron chi connectivity index (χ4n) is 3.72. The number of hydrogen-bond acceptors (Lipinski definition) is 6. The van der Waals surface area contributed by atoms with Gasteiger partial charge in [0.15, 0.2) is 23.0 Å². The van der Waals surface area contributed by atoms with Crippen molar-refractivity contribution in [1.29, 1.82) is 0 Å². The molecule has 0 amide bonds. The molecule has 0 spiro atoms. The number of carbonyl (C=O) groups is 1. The Labute approximate surface area is 203 Å². The van der Waals surface area contributed by atoms with Crippen molar-refractivity contribution in [2.45, 2.75) is 0 Å². The van der Waals surface area contributed by atoms with Crippen LogP contribution in [0.2, 0.25) is 0 Å². The molecule has 5 aromatic rings. The minimum Gasteiger partial charge on any atom is -0.493 e. The normalized spacial score (nSPS) is 11.0. The Morgan fingerprint density at radius 1 is 0.970 bits per heavy atom. The van der Waals surface area contributed by atoms with Crippen LogP contribution < -0.4 is 9.47 Å². The number of pyridine rings is 1. The Bertz CT molecular complexity index is 1490. The van der Waals surface area contributed by atoms with Crippen LogP contribution in [0.3, 0.4) is 0 Å². The van der Waals surface area contributed by atoms with Crippen LogP contribution >= 0.6 is 22.6 Å². The van der Waals surface area contributed by atoms with E-state index in [9.17, 15) is 4.79 Å². The van der Waals surface area contributed by atoms with E-state index in [2.05, 4.69) is 32.7 Å². The minimum absolute atomic E-state index is 0.199. The van der Waals surface area contributed by atoms with Crippen molar-refractivity contribution in [1.82, 2.24) is 14.7 Å². The molecule has 3 heterocycles. The minimum atomic E-state index is -0.328. The molecule has 8 heteroatoms. The smallest absolute Gasteiger partial charge is 0.285 e. The van der Waals surface area contributed by atoms with Gasteiger partial charge in [-0.3, -0.25) is 9.36 Å². The summed E-state index contributed by atoms with van der Waals surface area (Å²) in [5, 5.41) is 4.86. The molecule has 33 heavy (non-hydrogen) atoms. The van der Waals surface area contributed by atoms with E-state index in [0.29, 0.717) is 22.9 Å². The monoisotopic (exact) mass is 551 g/mol. The zero-order valence-corrected chi connectivity index (χ0v) is 19.9. The molecular weight excluding hydrogens is 533 g/mol. The molecular formula is C25H18IN3O4. The van der Waals surface area contributed by atoms with Crippen LogP contribution in [0.25, 0.3) is 33.5 Å². The number of rotatable bonds is 5. The van der Waals surface area contributed by atoms with Crippen LogP contribution in [-0.4, -0.2) is 34.8 Å². The Kier molecular flexibility index (Phi) is 5.59. The summed E-state index contributed by atoms with van der Waals surface area (Å²) < 4.78 is 18.8. The van der Waals surface area contributed by atoms with E-state index in [0.717, 1.165) is 25.6 Å². The fraction of sp³-hybridized carbons (Fsp3) is 0.0800. The van der Waals surface area contributed by atoms with Crippen molar-refractivity contribution in [3.05, 3.63) is 82.3 Å². The zero-order valence-electron chi connectivity index (χ0n) is 17.8.